The summed E-state index contributed by atoms with van der Waals surface area (Å²) in [5, 5.41) is 51.6. The topological polar surface area (TPSA) is 219 Å². The first-order chi connectivity index (χ1) is 17.6. The highest BCUT2D eigenvalue weighted by atomic mass is 16.8. The molecule has 14 heteroatoms. The van der Waals surface area contributed by atoms with Gasteiger partial charge in [0.15, 0.2) is 0 Å². The molecule has 2 atom stereocenters. The number of nitrogens with two attached hydrogens (primary N) is 1. The summed E-state index contributed by atoms with van der Waals surface area (Å²) in [6.07, 6.45) is 9.69. The Balaban J connectivity index is 4.70. The lowest BCUT2D eigenvalue weighted by Gasteiger charge is -2.24. The van der Waals surface area contributed by atoms with E-state index in [0.717, 1.165) is 44.9 Å². The van der Waals surface area contributed by atoms with Crippen molar-refractivity contribution in [3.8, 4) is 6.07 Å². The van der Waals surface area contributed by atoms with Gasteiger partial charge in [-0.05, 0) is 38.0 Å². The predicted molar refractivity (Wildman–Crippen MR) is 141 cm³/mol. The van der Waals surface area contributed by atoms with E-state index in [4.69, 9.17) is 16.2 Å². The molecule has 0 fully saturated rings. The molecule has 212 valence electrons. The van der Waals surface area contributed by atoms with Crippen LogP contribution in [-0.2, 0) is 9.59 Å². The molecule has 0 saturated heterocycles. The number of hydrazine groups is 1. The summed E-state index contributed by atoms with van der Waals surface area (Å²) >= 11 is 0. The zero-order valence-electron chi connectivity index (χ0n) is 22.2. The molecule has 0 aromatic heterocycles. The molecular formula is C23H45BN7O6-. The van der Waals surface area contributed by atoms with Gasteiger partial charge in [0.25, 0.3) is 0 Å². The van der Waals surface area contributed by atoms with Crippen molar-refractivity contribution in [2.45, 2.75) is 109 Å². The molecule has 0 bridgehead atoms. The van der Waals surface area contributed by atoms with Gasteiger partial charge in [-0.3, -0.25) is 20.0 Å². The maximum atomic E-state index is 12.9. The zero-order valence-corrected chi connectivity index (χ0v) is 22.2. The van der Waals surface area contributed by atoms with Crippen molar-refractivity contribution in [3.05, 3.63) is 5.21 Å². The second kappa shape index (κ2) is 21.6. The van der Waals surface area contributed by atoms with Crippen LogP contribution in [0.5, 0.6) is 0 Å². The number of hydrogen-bond acceptors (Lipinski definition) is 9. The summed E-state index contributed by atoms with van der Waals surface area (Å²) in [5.74, 6) is -1.87. The predicted octanol–water partition coefficient (Wildman–Crippen LogP) is 1.23. The van der Waals surface area contributed by atoms with Crippen LogP contribution in [0.15, 0.2) is 4.99 Å². The van der Waals surface area contributed by atoms with E-state index in [1.807, 2.05) is 19.3 Å². The lowest BCUT2D eigenvalue weighted by atomic mass is 9.75. The second-order valence-electron chi connectivity index (χ2n) is 9.56. The fourth-order valence-corrected chi connectivity index (χ4v) is 3.76. The third kappa shape index (κ3) is 20.3. The van der Waals surface area contributed by atoms with Crippen LogP contribution in [0.4, 0.5) is 0 Å². The largest absolute Gasteiger partial charge is 0.744 e. The minimum atomic E-state index is -1.74. The SMILES string of the molecule is CC(C)C[C@H](NC(=O)[C@H](CCCN=C(N)NN([O-])O)NC(=O)CCCCCCCCCCC#N)B(O)O. The minimum absolute atomic E-state index is 0.106. The van der Waals surface area contributed by atoms with Crippen LogP contribution in [0.2, 0.25) is 0 Å². The molecule has 0 unspecified atom stereocenters. The average Bonchev–Trinajstić information content (AvgIpc) is 2.80. The molecule has 13 nitrogen and oxygen atoms in total. The number of aliphatic imine (C=N–C) groups is 1. The van der Waals surface area contributed by atoms with E-state index in [2.05, 4.69) is 21.7 Å². The number of hydrogen-bond donors (Lipinski definition) is 7. The molecule has 0 spiro atoms. The average molecular weight is 526 g/mol. The van der Waals surface area contributed by atoms with Crippen molar-refractivity contribution < 1.29 is 24.8 Å². The van der Waals surface area contributed by atoms with Crippen molar-refractivity contribution in [1.29, 1.82) is 5.26 Å². The Morgan fingerprint density at radius 1 is 1.05 bits per heavy atom. The molecule has 0 saturated carbocycles. The summed E-state index contributed by atoms with van der Waals surface area (Å²) < 4.78 is 0. The van der Waals surface area contributed by atoms with E-state index in [1.165, 1.54) is 0 Å². The number of rotatable bonds is 21. The van der Waals surface area contributed by atoms with Gasteiger partial charge >= 0.3 is 7.12 Å². The van der Waals surface area contributed by atoms with Crippen LogP contribution >= 0.6 is 0 Å². The lowest BCUT2D eigenvalue weighted by molar-refractivity contribution is -0.129. The second-order valence-corrected chi connectivity index (χ2v) is 9.56. The highest BCUT2D eigenvalue weighted by Crippen LogP contribution is 2.11. The maximum absolute atomic E-state index is 12.9. The van der Waals surface area contributed by atoms with E-state index in [-0.39, 0.29) is 37.2 Å². The van der Waals surface area contributed by atoms with E-state index in [1.54, 1.807) is 0 Å². The van der Waals surface area contributed by atoms with Crippen LogP contribution < -0.4 is 21.8 Å². The Hall–Kier alpha value is -2.44. The Morgan fingerprint density at radius 2 is 1.65 bits per heavy atom. The first-order valence-electron chi connectivity index (χ1n) is 13.1. The van der Waals surface area contributed by atoms with Gasteiger partial charge in [-0.1, -0.05) is 52.4 Å². The number of carbonyl (C=O) groups is 2. The molecule has 2 amide bonds. The molecule has 8 N–H and O–H groups in total. The standard InChI is InChI=1S/C23H45BN7O6/c1-18(2)17-20(24(34)35)29-22(33)19(13-12-16-27-23(26)30-31(36)37)28-21(32)14-10-8-6-4-3-5-7-9-11-15-25/h18-20,34-36H,3-14,16-17H2,1-2H3,(H,28,32)(H,29,33)(H3,26,27,30)/q-1/t19-,20-/m0/s1. The molecule has 0 aliphatic rings. The molecule has 0 radical (unpaired) electrons. The molecule has 0 heterocycles. The molecule has 0 aromatic rings. The third-order valence-electron chi connectivity index (χ3n) is 5.65. The van der Waals surface area contributed by atoms with Gasteiger partial charge in [0.2, 0.25) is 17.8 Å². The number of nitrogens with zero attached hydrogens (tertiary/aromatic N) is 3. The number of guanidine groups is 1. The maximum Gasteiger partial charge on any atom is 0.475 e. The number of nitriles is 1. The lowest BCUT2D eigenvalue weighted by Crippen LogP contribution is -2.54. The van der Waals surface area contributed by atoms with Gasteiger partial charge in [-0.15, -0.1) is 0 Å². The first kappa shape index (κ1) is 34.6. The monoisotopic (exact) mass is 526 g/mol. The third-order valence-corrected chi connectivity index (χ3v) is 5.65. The highest BCUT2D eigenvalue weighted by Gasteiger charge is 2.29. The van der Waals surface area contributed by atoms with Crippen molar-refractivity contribution in [3.63, 3.8) is 0 Å². The fraction of sp³-hybridized carbons (Fsp3) is 0.826. The quantitative estimate of drug-likeness (QED) is 0.0373. The highest BCUT2D eigenvalue weighted by molar-refractivity contribution is 6.43. The van der Waals surface area contributed by atoms with Crippen molar-refractivity contribution >= 4 is 24.9 Å². The van der Waals surface area contributed by atoms with Crippen LogP contribution in [0.3, 0.4) is 0 Å². The Kier molecular flexibility index (Phi) is 20.2. The van der Waals surface area contributed by atoms with Gasteiger partial charge in [0.1, 0.15) is 6.04 Å². The molecule has 0 aliphatic carbocycles. The van der Waals surface area contributed by atoms with Crippen LogP contribution in [-0.4, -0.2) is 64.0 Å². The first-order valence-corrected chi connectivity index (χ1v) is 13.1. The minimum Gasteiger partial charge on any atom is -0.744 e. The van der Waals surface area contributed by atoms with Crippen molar-refractivity contribution in [2.24, 2.45) is 16.6 Å². The molecule has 0 aromatic carbocycles. The Labute approximate surface area is 220 Å². The van der Waals surface area contributed by atoms with Crippen molar-refractivity contribution in [1.82, 2.24) is 21.4 Å². The Bertz CT molecular complexity index is 704. The van der Waals surface area contributed by atoms with Crippen LogP contribution in [0.1, 0.15) is 97.3 Å². The summed E-state index contributed by atoms with van der Waals surface area (Å²) in [7, 11) is -1.74. The van der Waals surface area contributed by atoms with Crippen molar-refractivity contribution in [2.75, 3.05) is 6.54 Å². The summed E-state index contributed by atoms with van der Waals surface area (Å²) in [5.41, 5.74) is 7.26. The smallest absolute Gasteiger partial charge is 0.475 e. The number of carbonyl (C=O) groups excluding carboxylic acids is 2. The van der Waals surface area contributed by atoms with Gasteiger partial charge in [-0.2, -0.15) is 10.6 Å². The van der Waals surface area contributed by atoms with E-state index >= 15 is 0 Å². The molecule has 37 heavy (non-hydrogen) atoms. The normalized spacial score (nSPS) is 13.2. The van der Waals surface area contributed by atoms with Gasteiger partial charge in [0.05, 0.1) is 12.0 Å². The summed E-state index contributed by atoms with van der Waals surface area (Å²) in [4.78, 5) is 29.2. The van der Waals surface area contributed by atoms with Gasteiger partial charge in [0, 0.05) is 19.4 Å². The Morgan fingerprint density at radius 3 is 2.19 bits per heavy atom. The molecule has 0 rings (SSSR count). The number of amides is 2. The summed E-state index contributed by atoms with van der Waals surface area (Å²) in [6, 6.07) is 1.24. The van der Waals surface area contributed by atoms with Gasteiger partial charge in [-0.25, -0.2) is 0 Å². The van der Waals surface area contributed by atoms with E-state index in [9.17, 15) is 24.8 Å². The zero-order chi connectivity index (χ0) is 28.1. The van der Waals surface area contributed by atoms with Crippen LogP contribution in [0, 0.1) is 22.5 Å². The van der Waals surface area contributed by atoms with Crippen LogP contribution in [0.25, 0.3) is 0 Å². The molecule has 0 aliphatic heterocycles. The number of nitrogens with one attached hydrogen (secondary N) is 3. The fourth-order valence-electron chi connectivity index (χ4n) is 3.76. The van der Waals surface area contributed by atoms with E-state index in [0.29, 0.717) is 25.7 Å². The summed E-state index contributed by atoms with van der Waals surface area (Å²) in [6.45, 7) is 3.91. The molecular weight excluding hydrogens is 481 g/mol. The van der Waals surface area contributed by atoms with E-state index < -0.39 is 30.3 Å². The van der Waals surface area contributed by atoms with Gasteiger partial charge < -0.3 is 36.8 Å². The number of unbranched alkanes of at least 4 members (excludes halogenated alkanes) is 8.